The summed E-state index contributed by atoms with van der Waals surface area (Å²) in [6.07, 6.45) is 3.29. The van der Waals surface area contributed by atoms with Crippen molar-refractivity contribution in [2.75, 3.05) is 19.6 Å². The molecule has 0 amide bonds. The summed E-state index contributed by atoms with van der Waals surface area (Å²) >= 11 is 1.94. The number of aliphatic carboxylic acids is 1. The van der Waals surface area contributed by atoms with Crippen LogP contribution in [0.4, 0.5) is 0 Å². The molecule has 1 saturated carbocycles. The lowest BCUT2D eigenvalue weighted by Crippen LogP contribution is -2.34. The van der Waals surface area contributed by atoms with Gasteiger partial charge in [0, 0.05) is 16.1 Å². The number of hydrogen-bond acceptors (Lipinski definition) is 3. The Kier molecular flexibility index (Phi) is 3.66. The first-order valence-corrected chi connectivity index (χ1v) is 8.96. The molecule has 22 heavy (non-hydrogen) atoms. The number of fused-ring (bicyclic) bond motifs is 1. The molecule has 0 spiro atoms. The van der Waals surface area contributed by atoms with E-state index in [1.54, 1.807) is 0 Å². The second-order valence-electron chi connectivity index (χ2n) is 6.70. The lowest BCUT2D eigenvalue weighted by atomic mass is 9.94. The van der Waals surface area contributed by atoms with Crippen LogP contribution in [0.2, 0.25) is 0 Å². The molecule has 2 atom stereocenters. The van der Waals surface area contributed by atoms with E-state index in [1.165, 1.54) is 27.8 Å². The van der Waals surface area contributed by atoms with Crippen molar-refractivity contribution in [3.05, 3.63) is 35.2 Å². The zero-order chi connectivity index (χ0) is 15.1. The molecule has 4 heteroatoms. The number of nitrogens with zero attached hydrogens (tertiary/aromatic N) is 1. The van der Waals surface area contributed by atoms with Crippen LogP contribution in [0.5, 0.6) is 0 Å². The van der Waals surface area contributed by atoms with Crippen molar-refractivity contribution in [1.29, 1.82) is 0 Å². The third-order valence-corrected chi connectivity index (χ3v) is 6.45. The fourth-order valence-corrected chi connectivity index (χ4v) is 4.92. The first-order chi connectivity index (χ1) is 10.7. The van der Waals surface area contributed by atoms with Gasteiger partial charge in [-0.25, -0.2) is 0 Å². The molecular formula is C18H21NO2S. The number of hydrogen-bond donors (Lipinski definition) is 1. The van der Waals surface area contributed by atoms with Crippen LogP contribution in [0.3, 0.4) is 0 Å². The summed E-state index contributed by atoms with van der Waals surface area (Å²) < 4.78 is 1.39. The summed E-state index contributed by atoms with van der Waals surface area (Å²) in [5.74, 6) is 0.409. The smallest absolute Gasteiger partial charge is 0.306 e. The van der Waals surface area contributed by atoms with Gasteiger partial charge >= 0.3 is 5.97 Å². The Morgan fingerprint density at radius 3 is 2.73 bits per heavy atom. The summed E-state index contributed by atoms with van der Waals surface area (Å²) in [7, 11) is 0. The van der Waals surface area contributed by atoms with E-state index in [2.05, 4.69) is 35.2 Å². The molecule has 1 aliphatic carbocycles. The third kappa shape index (κ3) is 2.77. The Morgan fingerprint density at radius 2 is 2.05 bits per heavy atom. The first-order valence-electron chi connectivity index (χ1n) is 8.14. The van der Waals surface area contributed by atoms with Crippen molar-refractivity contribution >= 4 is 27.4 Å². The Labute approximate surface area is 134 Å². The largest absolute Gasteiger partial charge is 0.481 e. The number of thiophene rings is 1. The van der Waals surface area contributed by atoms with Gasteiger partial charge in [-0.3, -0.25) is 4.79 Å². The highest BCUT2D eigenvalue weighted by Crippen LogP contribution is 2.41. The van der Waals surface area contributed by atoms with Crippen LogP contribution >= 0.6 is 11.3 Å². The molecular weight excluding hydrogens is 294 g/mol. The highest BCUT2D eigenvalue weighted by atomic mass is 32.1. The molecule has 2 fully saturated rings. The van der Waals surface area contributed by atoms with Crippen LogP contribution in [-0.4, -0.2) is 35.6 Å². The van der Waals surface area contributed by atoms with E-state index in [-0.39, 0.29) is 5.92 Å². The SMILES string of the molecule is O=C(O)[C@@H]1C[C@H]1CN1CCC(c2cc3ccccc3s2)CC1. The number of benzene rings is 1. The second kappa shape index (κ2) is 5.67. The van der Waals surface area contributed by atoms with E-state index in [9.17, 15) is 4.79 Å². The van der Waals surface area contributed by atoms with Gasteiger partial charge in [-0.15, -0.1) is 11.3 Å². The van der Waals surface area contributed by atoms with E-state index in [1.807, 2.05) is 11.3 Å². The predicted molar refractivity (Wildman–Crippen MR) is 89.5 cm³/mol. The molecule has 3 nitrogen and oxygen atoms in total. The molecule has 2 heterocycles. The van der Waals surface area contributed by atoms with Crippen molar-refractivity contribution in [3.63, 3.8) is 0 Å². The number of carbonyl (C=O) groups is 1. The molecule has 0 bridgehead atoms. The monoisotopic (exact) mass is 315 g/mol. The van der Waals surface area contributed by atoms with Gasteiger partial charge in [0.05, 0.1) is 5.92 Å². The molecule has 0 radical (unpaired) electrons. The Bertz CT molecular complexity index is 654. The topological polar surface area (TPSA) is 40.5 Å². The zero-order valence-corrected chi connectivity index (χ0v) is 13.4. The maximum Gasteiger partial charge on any atom is 0.306 e. The van der Waals surface area contributed by atoms with Crippen molar-refractivity contribution in [3.8, 4) is 0 Å². The average Bonchev–Trinajstić information content (AvgIpc) is 3.16. The number of carboxylic acid groups (broad SMARTS) is 1. The predicted octanol–water partition coefficient (Wildman–Crippen LogP) is 3.80. The summed E-state index contributed by atoms with van der Waals surface area (Å²) in [6, 6.07) is 11.0. The number of rotatable bonds is 4. The minimum absolute atomic E-state index is 0.0691. The highest BCUT2D eigenvalue weighted by molar-refractivity contribution is 7.19. The lowest BCUT2D eigenvalue weighted by molar-refractivity contribution is -0.138. The zero-order valence-electron chi connectivity index (χ0n) is 12.6. The lowest BCUT2D eigenvalue weighted by Gasteiger charge is -2.31. The van der Waals surface area contributed by atoms with Gasteiger partial charge < -0.3 is 10.0 Å². The van der Waals surface area contributed by atoms with E-state index in [4.69, 9.17) is 5.11 Å². The number of carboxylic acids is 1. The summed E-state index contributed by atoms with van der Waals surface area (Å²) in [4.78, 5) is 14.9. The molecule has 2 aromatic rings. The standard InChI is InChI=1S/C18H21NO2S/c20-18(21)15-9-14(15)11-19-7-5-12(6-8-19)17-10-13-3-1-2-4-16(13)22-17/h1-4,10,12,14-15H,5-9,11H2,(H,20,21)/t14-,15+/m0/s1. The van der Waals surface area contributed by atoms with Gasteiger partial charge in [0.15, 0.2) is 0 Å². The minimum atomic E-state index is -0.606. The van der Waals surface area contributed by atoms with Gasteiger partial charge in [0.2, 0.25) is 0 Å². The van der Waals surface area contributed by atoms with E-state index >= 15 is 0 Å². The molecule has 4 rings (SSSR count). The first kappa shape index (κ1) is 14.2. The van der Waals surface area contributed by atoms with Crippen LogP contribution in [0.15, 0.2) is 30.3 Å². The van der Waals surface area contributed by atoms with E-state index in [0.717, 1.165) is 26.1 Å². The molecule has 2 aliphatic rings. The van der Waals surface area contributed by atoms with Crippen molar-refractivity contribution in [2.24, 2.45) is 11.8 Å². The van der Waals surface area contributed by atoms with Gasteiger partial charge in [-0.1, -0.05) is 18.2 Å². The fourth-order valence-electron chi connectivity index (χ4n) is 3.69. The summed E-state index contributed by atoms with van der Waals surface area (Å²) in [5.41, 5.74) is 0. The van der Waals surface area contributed by atoms with Crippen LogP contribution in [0.25, 0.3) is 10.1 Å². The normalized spacial score (nSPS) is 26.4. The molecule has 1 saturated heterocycles. The number of likely N-dealkylation sites (tertiary alicyclic amines) is 1. The average molecular weight is 315 g/mol. The van der Waals surface area contributed by atoms with Crippen LogP contribution < -0.4 is 0 Å². The van der Waals surface area contributed by atoms with Crippen molar-refractivity contribution < 1.29 is 9.90 Å². The highest BCUT2D eigenvalue weighted by Gasteiger charge is 2.44. The van der Waals surface area contributed by atoms with E-state index < -0.39 is 5.97 Å². The third-order valence-electron chi connectivity index (χ3n) is 5.17. The van der Waals surface area contributed by atoms with Crippen LogP contribution in [0, 0.1) is 11.8 Å². The molecule has 1 aromatic heterocycles. The summed E-state index contributed by atoms with van der Waals surface area (Å²) in [6.45, 7) is 3.21. The maximum atomic E-state index is 10.9. The van der Waals surface area contributed by atoms with Crippen LogP contribution in [-0.2, 0) is 4.79 Å². The maximum absolute atomic E-state index is 10.9. The summed E-state index contributed by atoms with van der Waals surface area (Å²) in [5, 5.41) is 10.4. The Hall–Kier alpha value is -1.39. The quantitative estimate of drug-likeness (QED) is 0.933. The molecule has 1 aliphatic heterocycles. The van der Waals surface area contributed by atoms with E-state index in [0.29, 0.717) is 11.8 Å². The molecule has 1 N–H and O–H groups in total. The van der Waals surface area contributed by atoms with Gasteiger partial charge in [0.25, 0.3) is 0 Å². The van der Waals surface area contributed by atoms with Crippen LogP contribution in [0.1, 0.15) is 30.1 Å². The molecule has 116 valence electrons. The van der Waals surface area contributed by atoms with Crippen molar-refractivity contribution in [1.82, 2.24) is 4.90 Å². The number of piperidine rings is 1. The Balaban J connectivity index is 1.34. The Morgan fingerprint density at radius 1 is 1.27 bits per heavy atom. The fraction of sp³-hybridized carbons (Fsp3) is 0.500. The molecule has 0 unspecified atom stereocenters. The van der Waals surface area contributed by atoms with Gasteiger partial charge in [-0.2, -0.15) is 0 Å². The van der Waals surface area contributed by atoms with Gasteiger partial charge in [-0.05, 0) is 61.7 Å². The van der Waals surface area contributed by atoms with Crippen molar-refractivity contribution in [2.45, 2.75) is 25.2 Å². The minimum Gasteiger partial charge on any atom is -0.481 e. The second-order valence-corrected chi connectivity index (χ2v) is 7.82. The molecule has 1 aromatic carbocycles. The van der Waals surface area contributed by atoms with Gasteiger partial charge in [0.1, 0.15) is 0 Å².